The normalized spacial score (nSPS) is 10.8. The summed E-state index contributed by atoms with van der Waals surface area (Å²) in [5, 5.41) is 12.8. The Balaban J connectivity index is 1.79. The van der Waals surface area contributed by atoms with E-state index >= 15 is 0 Å². The van der Waals surface area contributed by atoms with Crippen LogP contribution in [0, 0.1) is 0 Å². The van der Waals surface area contributed by atoms with Gasteiger partial charge in [-0.3, -0.25) is 0 Å². The molecule has 26 heavy (non-hydrogen) atoms. The first-order valence-corrected chi connectivity index (χ1v) is 8.09. The third-order valence-corrected chi connectivity index (χ3v) is 4.29. The van der Waals surface area contributed by atoms with Crippen LogP contribution in [0.3, 0.4) is 0 Å². The average Bonchev–Trinajstić information content (AvgIpc) is 2.67. The Hall–Kier alpha value is -3.66. The largest absolute Gasteiger partial charge is 0.478 e. The second kappa shape index (κ2) is 6.33. The van der Waals surface area contributed by atoms with Crippen molar-refractivity contribution in [3.05, 3.63) is 90.0 Å². The van der Waals surface area contributed by atoms with Gasteiger partial charge in [0.25, 0.3) is 0 Å². The molecule has 0 heterocycles. The van der Waals surface area contributed by atoms with Crippen molar-refractivity contribution in [1.82, 2.24) is 0 Å². The summed E-state index contributed by atoms with van der Waals surface area (Å²) in [5.74, 6) is -1.67. The lowest BCUT2D eigenvalue weighted by Crippen LogP contribution is -2.12. The van der Waals surface area contributed by atoms with E-state index in [1.165, 1.54) is 6.07 Å². The molecule has 0 unspecified atom stereocenters. The maximum atomic E-state index is 12.7. The number of rotatable bonds is 3. The monoisotopic (exact) mass is 342 g/mol. The first-order valence-electron chi connectivity index (χ1n) is 8.09. The Morgan fingerprint density at radius 2 is 1.38 bits per heavy atom. The number of hydrogen-bond donors (Lipinski definition) is 1. The second-order valence-electron chi connectivity index (χ2n) is 5.92. The molecule has 0 spiro atoms. The zero-order chi connectivity index (χ0) is 18.1. The number of hydrogen-bond acceptors (Lipinski definition) is 3. The summed E-state index contributed by atoms with van der Waals surface area (Å²) >= 11 is 0. The summed E-state index contributed by atoms with van der Waals surface area (Å²) in [6.07, 6.45) is 0. The summed E-state index contributed by atoms with van der Waals surface area (Å²) in [6.45, 7) is 0. The second-order valence-corrected chi connectivity index (χ2v) is 5.92. The van der Waals surface area contributed by atoms with Crippen LogP contribution in [-0.4, -0.2) is 17.0 Å². The highest BCUT2D eigenvalue weighted by molar-refractivity contribution is 6.04. The molecule has 0 aliphatic carbocycles. The molecule has 0 saturated heterocycles. The van der Waals surface area contributed by atoms with Crippen molar-refractivity contribution in [2.45, 2.75) is 0 Å². The number of carbonyl (C=O) groups is 2. The Labute approximate surface area is 149 Å². The topological polar surface area (TPSA) is 63.6 Å². The minimum atomic E-state index is -1.14. The number of benzene rings is 4. The van der Waals surface area contributed by atoms with Gasteiger partial charge in [-0.1, -0.05) is 60.7 Å². The fourth-order valence-electron chi connectivity index (χ4n) is 2.99. The zero-order valence-corrected chi connectivity index (χ0v) is 13.7. The molecule has 4 rings (SSSR count). The molecular formula is C22H14O4. The van der Waals surface area contributed by atoms with Gasteiger partial charge >= 0.3 is 11.9 Å². The molecule has 126 valence electrons. The summed E-state index contributed by atoms with van der Waals surface area (Å²) in [6, 6.07) is 23.3. The molecule has 0 radical (unpaired) electrons. The molecule has 4 heteroatoms. The number of carboxylic acid groups (broad SMARTS) is 1. The molecule has 0 aromatic heterocycles. The van der Waals surface area contributed by atoms with Crippen LogP contribution in [0.1, 0.15) is 20.7 Å². The minimum absolute atomic E-state index is 0.0437. The van der Waals surface area contributed by atoms with Gasteiger partial charge < -0.3 is 9.84 Å². The molecule has 0 atom stereocenters. The number of carboxylic acids is 1. The van der Waals surface area contributed by atoms with Crippen LogP contribution in [0.15, 0.2) is 78.9 Å². The molecule has 0 aliphatic rings. The summed E-state index contributed by atoms with van der Waals surface area (Å²) in [7, 11) is 0. The van der Waals surface area contributed by atoms with Crippen LogP contribution < -0.4 is 4.74 Å². The molecule has 0 aliphatic heterocycles. The molecule has 0 saturated carbocycles. The highest BCUT2D eigenvalue weighted by Crippen LogP contribution is 2.31. The standard InChI is InChI=1S/C22H14O4/c23-21(24)19-12-11-15-6-3-4-8-18(15)20(19)26-22(25)17-10-9-14-5-1-2-7-16(14)13-17/h1-13H,(H,23,24). The van der Waals surface area contributed by atoms with Crippen LogP contribution in [-0.2, 0) is 0 Å². The van der Waals surface area contributed by atoms with Crippen molar-refractivity contribution in [2.75, 3.05) is 0 Å². The number of carbonyl (C=O) groups excluding carboxylic acids is 1. The quantitative estimate of drug-likeness (QED) is 0.424. The van der Waals surface area contributed by atoms with Crippen molar-refractivity contribution >= 4 is 33.5 Å². The molecule has 4 aromatic carbocycles. The Kier molecular flexibility index (Phi) is 3.86. The van der Waals surface area contributed by atoms with Gasteiger partial charge in [0.05, 0.1) is 5.56 Å². The van der Waals surface area contributed by atoms with Crippen LogP contribution in [0.2, 0.25) is 0 Å². The summed E-state index contributed by atoms with van der Waals surface area (Å²) in [4.78, 5) is 24.2. The van der Waals surface area contributed by atoms with Crippen LogP contribution in [0.5, 0.6) is 5.75 Å². The van der Waals surface area contributed by atoms with E-state index in [0.29, 0.717) is 10.9 Å². The SMILES string of the molecule is O=C(Oc1c(C(=O)O)ccc2ccccc12)c1ccc2ccccc2c1. The van der Waals surface area contributed by atoms with E-state index in [1.54, 1.807) is 30.3 Å². The molecule has 0 amide bonds. The Bertz CT molecular complexity index is 1160. The third-order valence-electron chi connectivity index (χ3n) is 4.29. The lowest BCUT2D eigenvalue weighted by atomic mass is 10.0. The molecule has 4 nitrogen and oxygen atoms in total. The van der Waals surface area contributed by atoms with Crippen molar-refractivity contribution < 1.29 is 19.4 Å². The van der Waals surface area contributed by atoms with E-state index < -0.39 is 11.9 Å². The average molecular weight is 342 g/mol. The highest BCUT2D eigenvalue weighted by Gasteiger charge is 2.19. The molecule has 0 bridgehead atoms. The predicted octanol–water partition coefficient (Wildman–Crippen LogP) is 4.91. The lowest BCUT2D eigenvalue weighted by Gasteiger charge is -2.11. The Morgan fingerprint density at radius 3 is 2.15 bits per heavy atom. The number of esters is 1. The van der Waals surface area contributed by atoms with Crippen LogP contribution in [0.4, 0.5) is 0 Å². The first-order chi connectivity index (χ1) is 12.6. The number of ether oxygens (including phenoxy) is 1. The smallest absolute Gasteiger partial charge is 0.343 e. The van der Waals surface area contributed by atoms with Crippen molar-refractivity contribution in [2.24, 2.45) is 0 Å². The van der Waals surface area contributed by atoms with Gasteiger partial charge in [-0.05, 0) is 34.4 Å². The molecule has 4 aromatic rings. The van der Waals surface area contributed by atoms with Gasteiger partial charge in [0.15, 0.2) is 5.75 Å². The zero-order valence-electron chi connectivity index (χ0n) is 13.7. The summed E-state index contributed by atoms with van der Waals surface area (Å²) in [5.41, 5.74) is 0.325. The van der Waals surface area contributed by atoms with E-state index in [-0.39, 0.29) is 11.3 Å². The van der Waals surface area contributed by atoms with E-state index in [2.05, 4.69) is 0 Å². The van der Waals surface area contributed by atoms with Crippen molar-refractivity contribution in [3.8, 4) is 5.75 Å². The van der Waals surface area contributed by atoms with Crippen molar-refractivity contribution in [1.29, 1.82) is 0 Å². The fraction of sp³-hybridized carbons (Fsp3) is 0. The maximum Gasteiger partial charge on any atom is 0.343 e. The van der Waals surface area contributed by atoms with E-state index in [4.69, 9.17) is 4.74 Å². The van der Waals surface area contributed by atoms with E-state index in [1.807, 2.05) is 42.5 Å². The van der Waals surface area contributed by atoms with Crippen LogP contribution in [0.25, 0.3) is 21.5 Å². The predicted molar refractivity (Wildman–Crippen MR) is 99.8 cm³/mol. The number of aromatic carboxylic acids is 1. The molecule has 1 N–H and O–H groups in total. The third kappa shape index (κ3) is 2.78. The Morgan fingerprint density at radius 1 is 0.731 bits per heavy atom. The van der Waals surface area contributed by atoms with Gasteiger partial charge in [-0.25, -0.2) is 9.59 Å². The van der Waals surface area contributed by atoms with E-state index in [9.17, 15) is 14.7 Å². The fourth-order valence-corrected chi connectivity index (χ4v) is 2.99. The highest BCUT2D eigenvalue weighted by atomic mass is 16.5. The minimum Gasteiger partial charge on any atom is -0.478 e. The molecule has 0 fully saturated rings. The van der Waals surface area contributed by atoms with Gasteiger partial charge in [-0.15, -0.1) is 0 Å². The lowest BCUT2D eigenvalue weighted by molar-refractivity contribution is 0.0682. The van der Waals surface area contributed by atoms with Crippen molar-refractivity contribution in [3.63, 3.8) is 0 Å². The molecular weight excluding hydrogens is 328 g/mol. The number of fused-ring (bicyclic) bond motifs is 2. The van der Waals surface area contributed by atoms with Gasteiger partial charge in [-0.2, -0.15) is 0 Å². The first kappa shape index (κ1) is 15.8. The summed E-state index contributed by atoms with van der Waals surface area (Å²) < 4.78 is 5.54. The van der Waals surface area contributed by atoms with Gasteiger partial charge in [0, 0.05) is 5.39 Å². The van der Waals surface area contributed by atoms with Crippen LogP contribution >= 0.6 is 0 Å². The van der Waals surface area contributed by atoms with Gasteiger partial charge in [0.2, 0.25) is 0 Å². The van der Waals surface area contributed by atoms with E-state index in [0.717, 1.165) is 16.2 Å². The maximum absolute atomic E-state index is 12.7. The van der Waals surface area contributed by atoms with Gasteiger partial charge in [0.1, 0.15) is 5.56 Å².